The van der Waals surface area contributed by atoms with Crippen LogP contribution < -0.4 is 5.32 Å². The molecule has 36 heavy (non-hydrogen) atoms. The summed E-state index contributed by atoms with van der Waals surface area (Å²) in [5.41, 5.74) is 6.25. The van der Waals surface area contributed by atoms with Crippen LogP contribution in [0.2, 0.25) is 0 Å². The lowest BCUT2D eigenvalue weighted by Crippen LogP contribution is -2.30. The second-order valence-corrected chi connectivity index (χ2v) is 8.83. The third-order valence-corrected chi connectivity index (χ3v) is 6.44. The molecule has 0 fully saturated rings. The van der Waals surface area contributed by atoms with Crippen LogP contribution in [0.4, 0.5) is 4.39 Å². The zero-order valence-corrected chi connectivity index (χ0v) is 20.1. The predicted octanol–water partition coefficient (Wildman–Crippen LogP) is 7.31. The summed E-state index contributed by atoms with van der Waals surface area (Å²) in [5, 5.41) is 3.28. The van der Waals surface area contributed by atoms with Crippen molar-refractivity contribution in [3.8, 4) is 16.9 Å². The van der Waals surface area contributed by atoms with Gasteiger partial charge in [-0.05, 0) is 60.4 Å². The number of benzene rings is 4. The summed E-state index contributed by atoms with van der Waals surface area (Å²) in [6, 6.07) is 38.2. The molecule has 0 saturated heterocycles. The number of amides is 1. The number of halogens is 1. The molecule has 0 spiro atoms. The molecule has 0 aliphatic heterocycles. The number of hydrogen-bond acceptors (Lipinski definition) is 1. The first-order valence-electron chi connectivity index (χ1n) is 12.0. The molecular weight excluding hydrogens is 447 g/mol. The second kappa shape index (κ2) is 10.4. The number of hydrogen-bond donors (Lipinski definition) is 1. The smallest absolute Gasteiger partial charge is 0.253 e. The van der Waals surface area contributed by atoms with Gasteiger partial charge in [-0.2, -0.15) is 0 Å². The molecule has 1 N–H and O–H groups in total. The van der Waals surface area contributed by atoms with E-state index < -0.39 is 0 Å². The topological polar surface area (TPSA) is 34.0 Å². The van der Waals surface area contributed by atoms with E-state index in [4.69, 9.17) is 0 Å². The Hall–Kier alpha value is -4.44. The fourth-order valence-corrected chi connectivity index (χ4v) is 4.60. The number of carbonyl (C=O) groups is 1. The van der Waals surface area contributed by atoms with Gasteiger partial charge >= 0.3 is 0 Å². The summed E-state index contributed by atoms with van der Waals surface area (Å²) in [5.74, 6) is -0.440. The molecular formula is C32H27FN2O. The minimum absolute atomic E-state index is 0.143. The van der Waals surface area contributed by atoms with Crippen molar-refractivity contribution in [3.05, 3.63) is 150 Å². The number of rotatable bonds is 7. The Kier molecular flexibility index (Phi) is 6.76. The summed E-state index contributed by atoms with van der Waals surface area (Å²) in [6.07, 6.45) is 0.680. The van der Waals surface area contributed by atoms with Gasteiger partial charge in [0, 0.05) is 11.4 Å². The van der Waals surface area contributed by atoms with Crippen molar-refractivity contribution in [2.45, 2.75) is 19.4 Å². The largest absolute Gasteiger partial charge is 0.345 e. The minimum atomic E-state index is -0.297. The maximum Gasteiger partial charge on any atom is 0.253 e. The first kappa shape index (κ1) is 23.3. The van der Waals surface area contributed by atoms with Gasteiger partial charge in [0.2, 0.25) is 0 Å². The molecule has 3 nitrogen and oxygen atoms in total. The standard InChI is InChI=1S/C32H27FN2O/c1-23-29(22-31(26-15-9-4-10-16-26)35(23)28-19-17-27(33)18-20-28)32(36)34-30(25-13-7-3-8-14-25)21-24-11-5-2-6-12-24/h2-20,22,30H,21H2,1H3,(H,34,36). The number of nitrogens with one attached hydrogen (secondary N) is 1. The van der Waals surface area contributed by atoms with Gasteiger partial charge in [0.1, 0.15) is 5.82 Å². The normalized spacial score (nSPS) is 11.7. The maximum absolute atomic E-state index is 13.7. The van der Waals surface area contributed by atoms with Crippen molar-refractivity contribution in [2.24, 2.45) is 0 Å². The Morgan fingerprint density at radius 3 is 2.03 bits per heavy atom. The van der Waals surface area contributed by atoms with Gasteiger partial charge < -0.3 is 9.88 Å². The van der Waals surface area contributed by atoms with Crippen LogP contribution in [0, 0.1) is 12.7 Å². The van der Waals surface area contributed by atoms with E-state index in [0.717, 1.165) is 33.8 Å². The third-order valence-electron chi connectivity index (χ3n) is 6.44. The van der Waals surface area contributed by atoms with E-state index in [1.165, 1.54) is 12.1 Å². The first-order chi connectivity index (χ1) is 17.6. The summed E-state index contributed by atoms with van der Waals surface area (Å²) in [7, 11) is 0. The van der Waals surface area contributed by atoms with E-state index in [0.29, 0.717) is 12.0 Å². The van der Waals surface area contributed by atoms with Crippen LogP contribution in [-0.2, 0) is 6.42 Å². The van der Waals surface area contributed by atoms with Crippen molar-refractivity contribution in [1.82, 2.24) is 9.88 Å². The quantitative estimate of drug-likeness (QED) is 0.264. The summed E-state index contributed by atoms with van der Waals surface area (Å²) in [4.78, 5) is 13.7. The molecule has 1 heterocycles. The van der Waals surface area contributed by atoms with Crippen molar-refractivity contribution in [2.75, 3.05) is 0 Å². The number of nitrogens with zero attached hydrogens (tertiary/aromatic N) is 1. The molecule has 1 aromatic heterocycles. The van der Waals surface area contributed by atoms with Crippen molar-refractivity contribution >= 4 is 5.91 Å². The highest BCUT2D eigenvalue weighted by Crippen LogP contribution is 2.30. The lowest BCUT2D eigenvalue weighted by Gasteiger charge is -2.20. The predicted molar refractivity (Wildman–Crippen MR) is 143 cm³/mol. The lowest BCUT2D eigenvalue weighted by atomic mass is 9.98. The average molecular weight is 475 g/mol. The Bertz CT molecular complexity index is 1440. The van der Waals surface area contributed by atoms with Gasteiger partial charge in [0.15, 0.2) is 0 Å². The van der Waals surface area contributed by atoms with Crippen molar-refractivity contribution in [1.29, 1.82) is 0 Å². The zero-order valence-electron chi connectivity index (χ0n) is 20.1. The average Bonchev–Trinajstić information content (AvgIpc) is 3.27. The highest BCUT2D eigenvalue weighted by atomic mass is 19.1. The summed E-state index contributed by atoms with van der Waals surface area (Å²) >= 11 is 0. The molecule has 178 valence electrons. The van der Waals surface area contributed by atoms with Crippen LogP contribution in [0.25, 0.3) is 16.9 Å². The van der Waals surface area contributed by atoms with Crippen molar-refractivity contribution in [3.63, 3.8) is 0 Å². The maximum atomic E-state index is 13.7. The van der Waals surface area contributed by atoms with Gasteiger partial charge in [0.05, 0.1) is 17.3 Å². The van der Waals surface area contributed by atoms with Crippen LogP contribution in [0.1, 0.15) is 33.2 Å². The molecule has 0 bridgehead atoms. The fourth-order valence-electron chi connectivity index (χ4n) is 4.60. The van der Waals surface area contributed by atoms with E-state index in [-0.39, 0.29) is 17.8 Å². The molecule has 0 aliphatic rings. The first-order valence-corrected chi connectivity index (χ1v) is 12.0. The van der Waals surface area contributed by atoms with Gasteiger partial charge in [-0.1, -0.05) is 91.0 Å². The molecule has 0 radical (unpaired) electrons. The molecule has 1 unspecified atom stereocenters. The highest BCUT2D eigenvalue weighted by Gasteiger charge is 2.23. The van der Waals surface area contributed by atoms with Crippen molar-refractivity contribution < 1.29 is 9.18 Å². The summed E-state index contributed by atoms with van der Waals surface area (Å²) < 4.78 is 15.7. The van der Waals surface area contributed by atoms with Gasteiger partial charge in [0.25, 0.3) is 5.91 Å². The van der Waals surface area contributed by atoms with E-state index in [1.54, 1.807) is 12.1 Å². The molecule has 0 saturated carbocycles. The minimum Gasteiger partial charge on any atom is -0.345 e. The third kappa shape index (κ3) is 4.98. The van der Waals surface area contributed by atoms with Crippen LogP contribution in [0.15, 0.2) is 121 Å². The molecule has 1 atom stereocenters. The Morgan fingerprint density at radius 1 is 0.806 bits per heavy atom. The fraction of sp³-hybridized carbons (Fsp3) is 0.0938. The monoisotopic (exact) mass is 474 g/mol. The Balaban J connectivity index is 1.54. The van der Waals surface area contributed by atoms with Crippen LogP contribution in [-0.4, -0.2) is 10.5 Å². The van der Waals surface area contributed by atoms with Gasteiger partial charge in [-0.15, -0.1) is 0 Å². The molecule has 4 heteroatoms. The van der Waals surface area contributed by atoms with E-state index in [2.05, 4.69) is 17.4 Å². The number of carbonyl (C=O) groups excluding carboxylic acids is 1. The van der Waals surface area contributed by atoms with E-state index in [1.807, 2.05) is 96.4 Å². The van der Waals surface area contributed by atoms with E-state index in [9.17, 15) is 9.18 Å². The molecule has 1 amide bonds. The SMILES string of the molecule is Cc1c(C(=O)NC(Cc2ccccc2)c2ccccc2)cc(-c2ccccc2)n1-c1ccc(F)cc1. The second-order valence-electron chi connectivity index (χ2n) is 8.83. The Labute approximate surface area is 210 Å². The zero-order chi connectivity index (χ0) is 24.9. The van der Waals surface area contributed by atoms with Crippen LogP contribution >= 0.6 is 0 Å². The molecule has 5 aromatic rings. The molecule has 5 rings (SSSR count). The van der Waals surface area contributed by atoms with Crippen LogP contribution in [0.3, 0.4) is 0 Å². The summed E-state index contributed by atoms with van der Waals surface area (Å²) in [6.45, 7) is 1.93. The van der Waals surface area contributed by atoms with Gasteiger partial charge in [-0.25, -0.2) is 4.39 Å². The number of aromatic nitrogens is 1. The lowest BCUT2D eigenvalue weighted by molar-refractivity contribution is 0.0936. The van der Waals surface area contributed by atoms with Gasteiger partial charge in [-0.3, -0.25) is 4.79 Å². The van der Waals surface area contributed by atoms with E-state index >= 15 is 0 Å². The Morgan fingerprint density at radius 2 is 1.39 bits per heavy atom. The highest BCUT2D eigenvalue weighted by molar-refractivity contribution is 5.97. The molecule has 0 aliphatic carbocycles. The molecule has 4 aromatic carbocycles. The van der Waals surface area contributed by atoms with Crippen LogP contribution in [0.5, 0.6) is 0 Å².